The Morgan fingerprint density at radius 3 is 2.60 bits per heavy atom. The normalized spacial score (nSPS) is 20.7. The molecular weight excluding hydrogens is 495 g/mol. The van der Waals surface area contributed by atoms with Crippen molar-refractivity contribution in [1.82, 2.24) is 25.7 Å². The van der Waals surface area contributed by atoms with Gasteiger partial charge in [0.1, 0.15) is 6.54 Å². The smallest absolute Gasteiger partial charge is 0.232 e. The van der Waals surface area contributed by atoms with Gasteiger partial charge in [0.2, 0.25) is 11.8 Å². The van der Waals surface area contributed by atoms with E-state index in [-0.39, 0.29) is 41.4 Å². The summed E-state index contributed by atoms with van der Waals surface area (Å²) in [5.41, 5.74) is -0.171. The Balaban J connectivity index is 0.00000320. The largest absolute Gasteiger partial charge is 0.357 e. The maximum Gasteiger partial charge on any atom is 0.232 e. The number of rotatable bonds is 5. The first-order chi connectivity index (χ1) is 13.9. The van der Waals surface area contributed by atoms with E-state index in [1.54, 1.807) is 0 Å². The molecule has 3 rings (SSSR count). The molecule has 2 N–H and O–H groups in total. The molecule has 170 valence electrons. The highest BCUT2D eigenvalue weighted by Gasteiger charge is 2.31. The van der Waals surface area contributed by atoms with E-state index in [9.17, 15) is 4.79 Å². The van der Waals surface area contributed by atoms with Crippen molar-refractivity contribution in [2.24, 2.45) is 10.9 Å². The number of carbonyl (C=O) groups is 1. The van der Waals surface area contributed by atoms with Crippen molar-refractivity contribution >= 4 is 35.8 Å². The molecule has 1 aromatic rings. The second kappa shape index (κ2) is 11.3. The summed E-state index contributed by atoms with van der Waals surface area (Å²) >= 11 is 0. The van der Waals surface area contributed by atoms with Gasteiger partial charge in [-0.05, 0) is 26.2 Å². The van der Waals surface area contributed by atoms with Crippen molar-refractivity contribution in [3.05, 3.63) is 11.7 Å². The van der Waals surface area contributed by atoms with Gasteiger partial charge >= 0.3 is 0 Å². The summed E-state index contributed by atoms with van der Waals surface area (Å²) in [5, 5.41) is 10.8. The van der Waals surface area contributed by atoms with Crippen LogP contribution in [-0.2, 0) is 16.8 Å². The molecule has 8 nitrogen and oxygen atoms in total. The average Bonchev–Trinajstić information content (AvgIpc) is 3.36. The lowest BCUT2D eigenvalue weighted by Gasteiger charge is -2.26. The van der Waals surface area contributed by atoms with Gasteiger partial charge in [-0.1, -0.05) is 45.2 Å². The molecule has 0 spiro atoms. The maximum absolute atomic E-state index is 12.8. The van der Waals surface area contributed by atoms with Crippen LogP contribution in [0.1, 0.15) is 77.9 Å². The van der Waals surface area contributed by atoms with Crippen molar-refractivity contribution < 1.29 is 9.32 Å². The van der Waals surface area contributed by atoms with Crippen LogP contribution in [0.15, 0.2) is 9.52 Å². The first kappa shape index (κ1) is 24.9. The lowest BCUT2D eigenvalue weighted by molar-refractivity contribution is -0.135. The van der Waals surface area contributed by atoms with Crippen LogP contribution in [0.25, 0.3) is 0 Å². The van der Waals surface area contributed by atoms with Crippen LogP contribution >= 0.6 is 24.0 Å². The van der Waals surface area contributed by atoms with Gasteiger partial charge < -0.3 is 20.1 Å². The number of carbonyl (C=O) groups excluding carboxylic acids is 1. The molecule has 2 aliphatic rings. The minimum Gasteiger partial charge on any atom is -0.357 e. The lowest BCUT2D eigenvalue weighted by Crippen LogP contribution is -2.45. The van der Waals surface area contributed by atoms with Gasteiger partial charge in [0.05, 0.1) is 0 Å². The van der Waals surface area contributed by atoms with E-state index in [0.29, 0.717) is 24.2 Å². The Kier molecular flexibility index (Phi) is 9.36. The zero-order chi connectivity index (χ0) is 20.9. The van der Waals surface area contributed by atoms with Crippen molar-refractivity contribution in [3.8, 4) is 0 Å². The fraction of sp³-hybridized carbons (Fsp3) is 0.810. The number of amides is 1. The van der Waals surface area contributed by atoms with E-state index in [1.807, 2.05) is 32.6 Å². The van der Waals surface area contributed by atoms with Gasteiger partial charge in [-0.3, -0.25) is 4.79 Å². The molecule has 2 fully saturated rings. The fourth-order valence-electron chi connectivity index (χ4n) is 3.97. The first-order valence-corrected chi connectivity index (χ1v) is 11.0. The average molecular weight is 532 g/mol. The summed E-state index contributed by atoms with van der Waals surface area (Å²) in [6.07, 6.45) is 6.71. The van der Waals surface area contributed by atoms with Gasteiger partial charge in [-0.2, -0.15) is 4.98 Å². The number of halogens is 1. The lowest BCUT2D eigenvalue weighted by atomic mass is 9.88. The summed E-state index contributed by atoms with van der Waals surface area (Å²) in [4.78, 5) is 23.9. The molecule has 1 aliphatic carbocycles. The first-order valence-electron chi connectivity index (χ1n) is 11.0. The Morgan fingerprint density at radius 1 is 1.23 bits per heavy atom. The molecule has 30 heavy (non-hydrogen) atoms. The predicted octanol–water partition coefficient (Wildman–Crippen LogP) is 3.22. The fourth-order valence-corrected chi connectivity index (χ4v) is 3.97. The van der Waals surface area contributed by atoms with E-state index < -0.39 is 0 Å². The predicted molar refractivity (Wildman–Crippen MR) is 128 cm³/mol. The number of nitrogens with one attached hydrogen (secondary N) is 2. The quantitative estimate of drug-likeness (QED) is 0.344. The highest BCUT2D eigenvalue weighted by molar-refractivity contribution is 14.0. The molecule has 9 heteroatoms. The summed E-state index contributed by atoms with van der Waals surface area (Å²) in [7, 11) is 0. The van der Waals surface area contributed by atoms with Crippen LogP contribution in [0.5, 0.6) is 0 Å². The third kappa shape index (κ3) is 6.81. The summed E-state index contributed by atoms with van der Waals surface area (Å²) < 4.78 is 5.34. The zero-order valence-electron chi connectivity index (χ0n) is 18.7. The molecule has 1 saturated carbocycles. The third-order valence-electron chi connectivity index (χ3n) is 5.63. The van der Waals surface area contributed by atoms with E-state index in [4.69, 9.17) is 4.52 Å². The van der Waals surface area contributed by atoms with E-state index >= 15 is 0 Å². The minimum absolute atomic E-state index is 0. The molecule has 0 bridgehead atoms. The molecule has 1 atom stereocenters. The van der Waals surface area contributed by atoms with Crippen LogP contribution < -0.4 is 10.6 Å². The molecule has 0 aromatic carbocycles. The number of hydrogen-bond donors (Lipinski definition) is 2. The van der Waals surface area contributed by atoms with E-state index in [0.717, 1.165) is 44.9 Å². The molecule has 1 saturated heterocycles. The summed E-state index contributed by atoms with van der Waals surface area (Å²) in [6.45, 7) is 10.9. The van der Waals surface area contributed by atoms with E-state index in [1.165, 1.54) is 19.3 Å². The topological polar surface area (TPSA) is 95.7 Å². The number of nitrogens with zero attached hydrogens (tertiary/aromatic N) is 4. The third-order valence-corrected chi connectivity index (χ3v) is 5.63. The van der Waals surface area contributed by atoms with Gasteiger partial charge in [0.25, 0.3) is 0 Å². The summed E-state index contributed by atoms with van der Waals surface area (Å²) in [6, 6.07) is 0.218. The second-order valence-electron chi connectivity index (χ2n) is 9.21. The SMILES string of the molecule is CCNC(=NCc1noc(C(C)(C)C)n1)NC1CCN(C(=O)C2CCCCC2)C1.I. The number of hydrogen-bond acceptors (Lipinski definition) is 5. The van der Waals surface area contributed by atoms with Gasteiger partial charge in [0.15, 0.2) is 11.8 Å². The number of guanidine groups is 1. The van der Waals surface area contributed by atoms with Crippen molar-refractivity contribution in [3.63, 3.8) is 0 Å². The number of aromatic nitrogens is 2. The Morgan fingerprint density at radius 2 is 1.97 bits per heavy atom. The molecule has 1 unspecified atom stereocenters. The monoisotopic (exact) mass is 532 g/mol. The molecule has 1 aromatic heterocycles. The Hall–Kier alpha value is -1.39. The molecular formula is C21H37IN6O2. The van der Waals surface area contributed by atoms with Crippen molar-refractivity contribution in [2.75, 3.05) is 19.6 Å². The Bertz CT molecular complexity index is 709. The van der Waals surface area contributed by atoms with Gasteiger partial charge in [-0.15, -0.1) is 24.0 Å². The molecule has 1 amide bonds. The minimum atomic E-state index is -0.171. The zero-order valence-corrected chi connectivity index (χ0v) is 21.1. The highest BCUT2D eigenvalue weighted by Crippen LogP contribution is 2.26. The molecule has 1 aliphatic heterocycles. The van der Waals surface area contributed by atoms with Crippen LogP contribution in [0.3, 0.4) is 0 Å². The van der Waals surface area contributed by atoms with Crippen LogP contribution in [-0.4, -0.2) is 52.6 Å². The maximum atomic E-state index is 12.8. The second-order valence-corrected chi connectivity index (χ2v) is 9.21. The van der Waals surface area contributed by atoms with Crippen molar-refractivity contribution in [2.45, 2.75) is 84.2 Å². The van der Waals surface area contributed by atoms with Crippen LogP contribution in [0, 0.1) is 5.92 Å². The van der Waals surface area contributed by atoms with Gasteiger partial charge in [-0.25, -0.2) is 4.99 Å². The molecule has 2 heterocycles. The van der Waals surface area contributed by atoms with Crippen LogP contribution in [0.4, 0.5) is 0 Å². The molecule has 0 radical (unpaired) electrons. The summed E-state index contributed by atoms with van der Waals surface area (Å²) in [5.74, 6) is 2.50. The Labute approximate surface area is 197 Å². The van der Waals surface area contributed by atoms with E-state index in [2.05, 4.69) is 25.8 Å². The van der Waals surface area contributed by atoms with Crippen LogP contribution in [0.2, 0.25) is 0 Å². The standard InChI is InChI=1S/C21H36N6O2.HI/c1-5-22-20(23-13-17-25-19(29-26-17)21(2,3)4)24-16-11-12-27(14-16)18(28)15-9-7-6-8-10-15;/h15-16H,5-14H2,1-4H3,(H2,22,23,24);1H. The van der Waals surface area contributed by atoms with Gasteiger partial charge in [0, 0.05) is 37.0 Å². The number of aliphatic imine (C=N–C) groups is 1. The highest BCUT2D eigenvalue weighted by atomic mass is 127. The van der Waals surface area contributed by atoms with Crippen molar-refractivity contribution in [1.29, 1.82) is 0 Å². The number of likely N-dealkylation sites (tertiary alicyclic amines) is 1.